The Morgan fingerprint density at radius 1 is 1.12 bits per heavy atom. The van der Waals surface area contributed by atoms with Crippen LogP contribution in [0.1, 0.15) is 31.5 Å². The van der Waals surface area contributed by atoms with Crippen molar-refractivity contribution in [3.05, 3.63) is 35.9 Å². The molecule has 0 aliphatic carbocycles. The van der Waals surface area contributed by atoms with Crippen LogP contribution >= 0.6 is 11.8 Å². The van der Waals surface area contributed by atoms with E-state index in [2.05, 4.69) is 10.2 Å². The first-order chi connectivity index (χ1) is 11.6. The molecule has 1 amide bonds. The summed E-state index contributed by atoms with van der Waals surface area (Å²) in [6.07, 6.45) is 4.58. The third-order valence-corrected chi connectivity index (χ3v) is 5.08. The lowest BCUT2D eigenvalue weighted by Crippen LogP contribution is -2.33. The number of carbonyl (C=O) groups is 1. The van der Waals surface area contributed by atoms with Gasteiger partial charge in [0, 0.05) is 18.8 Å². The van der Waals surface area contributed by atoms with E-state index in [1.54, 1.807) is 12.1 Å². The van der Waals surface area contributed by atoms with Gasteiger partial charge in [-0.3, -0.25) is 9.36 Å². The molecule has 3 rings (SSSR count). The van der Waals surface area contributed by atoms with Crippen LogP contribution in [0.25, 0.3) is 5.69 Å². The van der Waals surface area contributed by atoms with E-state index in [0.717, 1.165) is 31.6 Å². The van der Waals surface area contributed by atoms with Crippen molar-refractivity contribution in [2.75, 3.05) is 18.8 Å². The molecule has 1 aliphatic heterocycles. The normalized spacial score (nSPS) is 15.3. The number of nitrogens with zero attached hydrogens (tertiary/aromatic N) is 4. The highest BCUT2D eigenvalue weighted by molar-refractivity contribution is 7.99. The molecule has 0 radical (unpaired) electrons. The summed E-state index contributed by atoms with van der Waals surface area (Å²) in [5, 5.41) is 8.91. The first-order valence-corrected chi connectivity index (χ1v) is 9.22. The molecule has 24 heavy (non-hydrogen) atoms. The second kappa shape index (κ2) is 7.79. The Morgan fingerprint density at radius 2 is 1.79 bits per heavy atom. The number of rotatable bonds is 4. The van der Waals surface area contributed by atoms with Crippen molar-refractivity contribution in [1.82, 2.24) is 19.7 Å². The third kappa shape index (κ3) is 3.95. The van der Waals surface area contributed by atoms with Gasteiger partial charge in [-0.25, -0.2) is 4.39 Å². The minimum Gasteiger partial charge on any atom is -0.342 e. The predicted octanol–water partition coefficient (Wildman–Crippen LogP) is 3.21. The molecule has 1 fully saturated rings. The lowest BCUT2D eigenvalue weighted by atomic mass is 10.2. The molecule has 1 aliphatic rings. The van der Waals surface area contributed by atoms with Crippen molar-refractivity contribution in [2.45, 2.75) is 37.8 Å². The van der Waals surface area contributed by atoms with Crippen LogP contribution in [0.15, 0.2) is 29.4 Å². The van der Waals surface area contributed by atoms with E-state index >= 15 is 0 Å². The van der Waals surface area contributed by atoms with Gasteiger partial charge in [-0.15, -0.1) is 10.2 Å². The lowest BCUT2D eigenvalue weighted by molar-refractivity contribution is -0.128. The number of thioether (sulfide) groups is 1. The number of hydrogen-bond donors (Lipinski definition) is 0. The first kappa shape index (κ1) is 17.0. The number of carbonyl (C=O) groups excluding carboxylic acids is 1. The molecule has 0 spiro atoms. The lowest BCUT2D eigenvalue weighted by Gasteiger charge is -2.19. The first-order valence-electron chi connectivity index (χ1n) is 8.23. The zero-order valence-corrected chi connectivity index (χ0v) is 14.6. The van der Waals surface area contributed by atoms with Gasteiger partial charge >= 0.3 is 0 Å². The maximum Gasteiger partial charge on any atom is 0.233 e. The van der Waals surface area contributed by atoms with Crippen LogP contribution in [-0.2, 0) is 4.79 Å². The zero-order chi connectivity index (χ0) is 16.9. The fraction of sp³-hybridized carbons (Fsp3) is 0.471. The average molecular weight is 348 g/mol. The number of aryl methyl sites for hydroxylation is 1. The van der Waals surface area contributed by atoms with Crippen LogP contribution in [0.2, 0.25) is 0 Å². The number of aromatic nitrogens is 3. The predicted molar refractivity (Wildman–Crippen MR) is 91.8 cm³/mol. The fourth-order valence-electron chi connectivity index (χ4n) is 2.86. The Balaban J connectivity index is 1.69. The second-order valence-corrected chi connectivity index (χ2v) is 6.87. The van der Waals surface area contributed by atoms with E-state index in [0.29, 0.717) is 16.7 Å². The van der Waals surface area contributed by atoms with Gasteiger partial charge in [-0.1, -0.05) is 24.6 Å². The van der Waals surface area contributed by atoms with Crippen LogP contribution < -0.4 is 0 Å². The standard InChI is InChI=1S/C17H21FN4OS/c1-13-19-20-17(22(13)15-8-6-14(18)7-9-15)24-12-16(23)21-10-4-2-3-5-11-21/h6-9H,2-5,10-12H2,1H3. The molecule has 0 bridgehead atoms. The fourth-order valence-corrected chi connectivity index (χ4v) is 3.76. The van der Waals surface area contributed by atoms with Crippen molar-refractivity contribution in [2.24, 2.45) is 0 Å². The largest absolute Gasteiger partial charge is 0.342 e. The van der Waals surface area contributed by atoms with Crippen LogP contribution in [0.3, 0.4) is 0 Å². The summed E-state index contributed by atoms with van der Waals surface area (Å²) in [7, 11) is 0. The van der Waals surface area contributed by atoms with E-state index in [1.165, 1.54) is 36.7 Å². The van der Waals surface area contributed by atoms with Crippen molar-refractivity contribution >= 4 is 17.7 Å². The van der Waals surface area contributed by atoms with Gasteiger partial charge in [0.05, 0.1) is 5.75 Å². The highest BCUT2D eigenvalue weighted by atomic mass is 32.2. The number of amides is 1. The Kier molecular flexibility index (Phi) is 5.50. The van der Waals surface area contributed by atoms with Gasteiger partial charge < -0.3 is 4.90 Å². The second-order valence-electron chi connectivity index (χ2n) is 5.93. The number of benzene rings is 1. The molecule has 1 saturated heterocycles. The summed E-state index contributed by atoms with van der Waals surface area (Å²) >= 11 is 1.38. The highest BCUT2D eigenvalue weighted by Gasteiger charge is 2.18. The smallest absolute Gasteiger partial charge is 0.233 e. The topological polar surface area (TPSA) is 51.0 Å². The Hall–Kier alpha value is -1.89. The Bertz CT molecular complexity index is 693. The van der Waals surface area contributed by atoms with Crippen LogP contribution in [-0.4, -0.2) is 44.4 Å². The molecule has 5 nitrogen and oxygen atoms in total. The van der Waals surface area contributed by atoms with Gasteiger partial charge in [-0.2, -0.15) is 0 Å². The van der Waals surface area contributed by atoms with Gasteiger partial charge in [0.1, 0.15) is 11.6 Å². The number of halogens is 1. The van der Waals surface area contributed by atoms with E-state index in [9.17, 15) is 9.18 Å². The van der Waals surface area contributed by atoms with E-state index in [1.807, 2.05) is 16.4 Å². The monoisotopic (exact) mass is 348 g/mol. The van der Waals surface area contributed by atoms with Crippen molar-refractivity contribution in [3.63, 3.8) is 0 Å². The molecule has 0 saturated carbocycles. The summed E-state index contributed by atoms with van der Waals surface area (Å²) in [5.74, 6) is 0.925. The maximum atomic E-state index is 13.1. The summed E-state index contributed by atoms with van der Waals surface area (Å²) in [4.78, 5) is 14.4. The number of likely N-dealkylation sites (tertiary alicyclic amines) is 1. The minimum atomic E-state index is -0.282. The van der Waals surface area contributed by atoms with Gasteiger partial charge in [0.25, 0.3) is 0 Å². The van der Waals surface area contributed by atoms with Crippen LogP contribution in [0, 0.1) is 12.7 Å². The van der Waals surface area contributed by atoms with Crippen molar-refractivity contribution < 1.29 is 9.18 Å². The average Bonchev–Trinajstić information content (AvgIpc) is 2.78. The molecule has 128 valence electrons. The molecule has 2 aromatic rings. The molecule has 7 heteroatoms. The van der Waals surface area contributed by atoms with E-state index in [-0.39, 0.29) is 11.7 Å². The maximum absolute atomic E-state index is 13.1. The molecular formula is C17H21FN4OS. The van der Waals surface area contributed by atoms with Crippen molar-refractivity contribution in [3.8, 4) is 5.69 Å². The van der Waals surface area contributed by atoms with Crippen LogP contribution in [0.5, 0.6) is 0 Å². The number of hydrogen-bond acceptors (Lipinski definition) is 4. The minimum absolute atomic E-state index is 0.146. The van der Waals surface area contributed by atoms with Gasteiger partial charge in [-0.05, 0) is 44.0 Å². The quantitative estimate of drug-likeness (QED) is 0.796. The molecule has 0 atom stereocenters. The molecule has 1 aromatic carbocycles. The molecule has 1 aromatic heterocycles. The van der Waals surface area contributed by atoms with E-state index in [4.69, 9.17) is 0 Å². The van der Waals surface area contributed by atoms with Crippen LogP contribution in [0.4, 0.5) is 4.39 Å². The van der Waals surface area contributed by atoms with Gasteiger partial charge in [0.15, 0.2) is 5.16 Å². The molecule has 0 unspecified atom stereocenters. The van der Waals surface area contributed by atoms with Gasteiger partial charge in [0.2, 0.25) is 5.91 Å². The zero-order valence-electron chi connectivity index (χ0n) is 13.7. The van der Waals surface area contributed by atoms with Crippen molar-refractivity contribution in [1.29, 1.82) is 0 Å². The summed E-state index contributed by atoms with van der Waals surface area (Å²) < 4.78 is 15.0. The Labute approximate surface area is 145 Å². The van der Waals surface area contributed by atoms with E-state index < -0.39 is 0 Å². The molecule has 0 N–H and O–H groups in total. The summed E-state index contributed by atoms with van der Waals surface area (Å²) in [5.41, 5.74) is 0.795. The summed E-state index contributed by atoms with van der Waals surface area (Å²) in [6, 6.07) is 6.19. The third-order valence-electron chi connectivity index (χ3n) is 4.16. The highest BCUT2D eigenvalue weighted by Crippen LogP contribution is 2.23. The Morgan fingerprint density at radius 3 is 2.46 bits per heavy atom. The SMILES string of the molecule is Cc1nnc(SCC(=O)N2CCCCCC2)n1-c1ccc(F)cc1. The molecular weight excluding hydrogens is 327 g/mol. The summed E-state index contributed by atoms with van der Waals surface area (Å²) in [6.45, 7) is 3.54. The molecule has 2 heterocycles.